The molecule has 0 bridgehead atoms. The van der Waals surface area contributed by atoms with Gasteiger partial charge in [-0.25, -0.2) is 4.98 Å². The van der Waals surface area contributed by atoms with Crippen molar-refractivity contribution in [1.29, 1.82) is 0 Å². The number of halogens is 3. The summed E-state index contributed by atoms with van der Waals surface area (Å²) in [5.41, 5.74) is 7.60. The molecule has 2 fully saturated rings. The molecule has 3 heterocycles. The number of aliphatic hydroxyl groups excluding tert-OH is 1. The Morgan fingerprint density at radius 2 is 1.67 bits per heavy atom. The Labute approximate surface area is 338 Å². The van der Waals surface area contributed by atoms with Crippen LogP contribution in [0, 0.1) is 0 Å². The monoisotopic (exact) mass is 808 g/mol. The third kappa shape index (κ3) is 13.3. The average molecular weight is 809 g/mol. The Morgan fingerprint density at radius 1 is 0.914 bits per heavy atom. The Morgan fingerprint density at radius 3 is 2.45 bits per heavy atom. The molecular weight excluding hydrogens is 750 g/mol. The van der Waals surface area contributed by atoms with Crippen LogP contribution in [0.4, 0.5) is 24.9 Å². The molecule has 0 spiro atoms. The third-order valence-electron chi connectivity index (χ3n) is 11.0. The zero-order chi connectivity index (χ0) is 40.7. The maximum absolute atomic E-state index is 13.1. The number of likely N-dealkylation sites (tertiary alicyclic amines) is 1. The lowest BCUT2D eigenvalue weighted by Crippen LogP contribution is -2.46. The van der Waals surface area contributed by atoms with Crippen molar-refractivity contribution in [2.45, 2.75) is 121 Å². The number of hydrogen-bond donors (Lipinski definition) is 7. The first kappa shape index (κ1) is 43.2. The highest BCUT2D eigenvalue weighted by Gasteiger charge is 2.30. The second-order valence-electron chi connectivity index (χ2n) is 15.5. The van der Waals surface area contributed by atoms with E-state index in [1.807, 2.05) is 40.0 Å². The summed E-state index contributed by atoms with van der Waals surface area (Å²) < 4.78 is 40.4. The van der Waals surface area contributed by atoms with Gasteiger partial charge in [0.05, 0.1) is 23.8 Å². The number of nitrogens with two attached hydrogens (primary N) is 1. The lowest BCUT2D eigenvalue weighted by atomic mass is 9.95. The SMILES string of the molecule is N[C@@H](CCC(=O)N1CCC(Nc2nc(NCc3cn(CCCNCCCNC4CCCCC4)nn3)nc3ccccc23)CC1)C(O)NCc1ccc(C(F)(F)F)cc1. The first-order chi connectivity index (χ1) is 28.1. The number of fused-ring (bicyclic) bond motifs is 1. The molecule has 1 saturated carbocycles. The van der Waals surface area contributed by atoms with Crippen LogP contribution in [0.25, 0.3) is 10.9 Å². The number of rotatable bonds is 21. The maximum atomic E-state index is 13.1. The summed E-state index contributed by atoms with van der Waals surface area (Å²) in [5, 5.41) is 37.0. The molecule has 2 aromatic carbocycles. The minimum atomic E-state index is -4.41. The average Bonchev–Trinajstić information content (AvgIpc) is 3.70. The van der Waals surface area contributed by atoms with Crippen LogP contribution in [0.1, 0.15) is 87.4 Å². The van der Waals surface area contributed by atoms with Crippen LogP contribution < -0.4 is 32.3 Å². The van der Waals surface area contributed by atoms with Gasteiger partial charge in [-0.15, -0.1) is 5.10 Å². The number of hydrogen-bond acceptors (Lipinski definition) is 12. The number of anilines is 2. The zero-order valence-electron chi connectivity index (χ0n) is 33.2. The fourth-order valence-electron chi connectivity index (χ4n) is 7.54. The fourth-order valence-corrected chi connectivity index (χ4v) is 7.54. The quantitative estimate of drug-likeness (QED) is 0.0454. The fraction of sp³-hybridized carbons (Fsp3) is 0.585. The van der Waals surface area contributed by atoms with Crippen molar-refractivity contribution >= 4 is 28.6 Å². The number of benzene rings is 2. The smallest absolute Gasteiger partial charge is 0.377 e. The van der Waals surface area contributed by atoms with E-state index in [0.29, 0.717) is 37.2 Å². The molecule has 1 aliphatic carbocycles. The van der Waals surface area contributed by atoms with Crippen LogP contribution in [-0.2, 0) is 30.6 Å². The van der Waals surface area contributed by atoms with Crippen LogP contribution in [0.5, 0.6) is 0 Å². The van der Waals surface area contributed by atoms with Gasteiger partial charge in [0, 0.05) is 56.1 Å². The highest BCUT2D eigenvalue weighted by Crippen LogP contribution is 2.29. The zero-order valence-corrected chi connectivity index (χ0v) is 33.2. The van der Waals surface area contributed by atoms with Crippen LogP contribution in [0.15, 0.2) is 54.7 Å². The molecule has 2 aromatic heterocycles. The number of piperidine rings is 1. The van der Waals surface area contributed by atoms with Crippen molar-refractivity contribution in [3.63, 3.8) is 0 Å². The van der Waals surface area contributed by atoms with Crippen molar-refractivity contribution in [3.05, 3.63) is 71.5 Å². The van der Waals surface area contributed by atoms with Gasteiger partial charge < -0.3 is 37.0 Å². The maximum Gasteiger partial charge on any atom is 0.416 e. The molecule has 1 saturated heterocycles. The number of amides is 1. The molecular formula is C41H59F3N12O2. The molecule has 2 atom stereocenters. The highest BCUT2D eigenvalue weighted by molar-refractivity contribution is 5.90. The molecule has 6 rings (SSSR count). The minimum absolute atomic E-state index is 0.0376. The van der Waals surface area contributed by atoms with E-state index in [2.05, 4.69) is 36.9 Å². The van der Waals surface area contributed by atoms with Gasteiger partial charge in [-0.2, -0.15) is 18.2 Å². The summed E-state index contributed by atoms with van der Waals surface area (Å²) in [6.07, 6.45) is 7.17. The minimum Gasteiger partial charge on any atom is -0.377 e. The summed E-state index contributed by atoms with van der Waals surface area (Å²) in [6, 6.07) is 12.7. The normalized spacial score (nSPS) is 16.7. The van der Waals surface area contributed by atoms with Crippen LogP contribution in [0.2, 0.25) is 0 Å². The van der Waals surface area contributed by atoms with Gasteiger partial charge in [0.15, 0.2) is 0 Å². The van der Waals surface area contributed by atoms with Gasteiger partial charge >= 0.3 is 6.18 Å². The van der Waals surface area contributed by atoms with E-state index < -0.39 is 24.0 Å². The first-order valence-electron chi connectivity index (χ1n) is 20.8. The molecule has 8 N–H and O–H groups in total. The predicted molar refractivity (Wildman–Crippen MR) is 219 cm³/mol. The summed E-state index contributed by atoms with van der Waals surface area (Å²) in [4.78, 5) is 24.4. The van der Waals surface area contributed by atoms with Gasteiger partial charge in [-0.1, -0.05) is 48.7 Å². The Kier molecular flexibility index (Phi) is 16.0. The molecule has 58 heavy (non-hydrogen) atoms. The van der Waals surface area contributed by atoms with E-state index in [4.69, 9.17) is 15.7 Å². The molecule has 1 aliphatic heterocycles. The number of aryl methyl sites for hydroxylation is 1. The van der Waals surface area contributed by atoms with E-state index in [9.17, 15) is 23.1 Å². The summed E-state index contributed by atoms with van der Waals surface area (Å²) >= 11 is 0. The number of para-hydroxylation sites is 1. The molecule has 1 amide bonds. The Bertz CT molecular complexity index is 1850. The molecule has 4 aromatic rings. The molecule has 17 heteroatoms. The van der Waals surface area contributed by atoms with E-state index >= 15 is 0 Å². The number of nitrogens with one attached hydrogen (secondary N) is 5. The predicted octanol–water partition coefficient (Wildman–Crippen LogP) is 4.76. The van der Waals surface area contributed by atoms with Crippen molar-refractivity contribution in [2.24, 2.45) is 5.73 Å². The summed E-state index contributed by atoms with van der Waals surface area (Å²) in [6.45, 7) is 5.52. The highest BCUT2D eigenvalue weighted by atomic mass is 19.4. The van der Waals surface area contributed by atoms with Crippen molar-refractivity contribution < 1.29 is 23.1 Å². The Hall–Kier alpha value is -4.42. The first-order valence-corrected chi connectivity index (χ1v) is 20.8. The Balaban J connectivity index is 0.888. The van der Waals surface area contributed by atoms with Crippen LogP contribution in [-0.4, -0.2) is 98.0 Å². The number of alkyl halides is 3. The summed E-state index contributed by atoms with van der Waals surface area (Å²) in [5.74, 6) is 1.17. The second kappa shape index (κ2) is 21.5. The third-order valence-corrected chi connectivity index (χ3v) is 11.0. The lowest BCUT2D eigenvalue weighted by Gasteiger charge is -2.33. The van der Waals surface area contributed by atoms with E-state index in [1.165, 1.54) is 44.2 Å². The molecule has 2 aliphatic rings. The van der Waals surface area contributed by atoms with Crippen LogP contribution in [0.3, 0.4) is 0 Å². The van der Waals surface area contributed by atoms with Gasteiger partial charge in [0.2, 0.25) is 11.9 Å². The van der Waals surface area contributed by atoms with E-state index in [0.717, 1.165) is 86.4 Å². The van der Waals surface area contributed by atoms with Crippen molar-refractivity contribution in [2.75, 3.05) is 43.4 Å². The number of nitrogens with zero attached hydrogens (tertiary/aromatic N) is 6. The topological polar surface area (TPSA) is 183 Å². The van der Waals surface area contributed by atoms with Gasteiger partial charge in [-0.3, -0.25) is 14.8 Å². The standard InChI is InChI=1S/C41H59F3N12O2/c42-41(43,44)30-14-12-29(13-15-30)26-48-39(58)35(45)16-17-37(57)55-24-18-32(19-25-55)50-38-34-10-4-5-11-36(34)51-40(52-38)49-27-33-28-56(54-53-33)23-7-21-46-20-6-22-47-31-8-2-1-3-9-31/h4-5,10-15,28,31-32,35,39,46-48,58H,1-3,6-9,16-27,45H2,(H2,49,50,51,52)/t35-,39?/m0/s1. The van der Waals surface area contributed by atoms with Crippen LogP contribution >= 0.6 is 0 Å². The van der Waals surface area contributed by atoms with Gasteiger partial charge in [0.25, 0.3) is 0 Å². The second-order valence-corrected chi connectivity index (χ2v) is 15.5. The van der Waals surface area contributed by atoms with E-state index in [1.54, 1.807) is 0 Å². The van der Waals surface area contributed by atoms with Crippen molar-refractivity contribution in [3.8, 4) is 0 Å². The number of carbonyl (C=O) groups is 1. The van der Waals surface area contributed by atoms with Crippen molar-refractivity contribution in [1.82, 2.24) is 45.8 Å². The van der Waals surface area contributed by atoms with Gasteiger partial charge in [0.1, 0.15) is 17.7 Å². The summed E-state index contributed by atoms with van der Waals surface area (Å²) in [7, 11) is 0. The van der Waals surface area contributed by atoms with Gasteiger partial charge in [-0.05, 0) is 94.4 Å². The van der Waals surface area contributed by atoms with E-state index in [-0.39, 0.29) is 31.3 Å². The number of carbonyl (C=O) groups excluding carboxylic acids is 1. The molecule has 14 nitrogen and oxygen atoms in total. The molecule has 316 valence electrons. The number of aromatic nitrogens is 5. The largest absolute Gasteiger partial charge is 0.416 e. The molecule has 1 unspecified atom stereocenters. The molecule has 0 radical (unpaired) electrons. The number of aliphatic hydroxyl groups is 1. The lowest BCUT2D eigenvalue weighted by molar-refractivity contribution is -0.137.